The number of aliphatic hydroxyl groups is 1. The largest absolute Gasteiger partial charge is 0.503 e. The zero-order chi connectivity index (χ0) is 24.5. The van der Waals surface area contributed by atoms with Gasteiger partial charge in [0.05, 0.1) is 27.2 Å². The van der Waals surface area contributed by atoms with Gasteiger partial charge in [-0.15, -0.1) is 11.3 Å². The van der Waals surface area contributed by atoms with Crippen LogP contribution in [0.3, 0.4) is 0 Å². The standard InChI is InChI=1S/C26H35N3O3S/c1-8-28(9-2)14-15-29-21(18-10-12-19(13-11-18)26(5,6)7)20(23(31)25(29)32)22(30)24-16(3)27-17(4)33-24/h10-13,21,31H,8-9,14-15H2,1-7H3/t21-/m0/s1. The lowest BCUT2D eigenvalue weighted by molar-refractivity contribution is -0.129. The molecular weight excluding hydrogens is 434 g/mol. The van der Waals surface area contributed by atoms with Gasteiger partial charge >= 0.3 is 0 Å². The molecule has 2 aromatic rings. The molecule has 1 aromatic carbocycles. The number of rotatable bonds is 8. The van der Waals surface area contributed by atoms with Gasteiger partial charge in [0, 0.05) is 13.1 Å². The number of nitrogens with zero attached hydrogens (tertiary/aromatic N) is 3. The number of Topliss-reactive ketones (excluding diaryl/α,β-unsaturated/α-hetero) is 1. The van der Waals surface area contributed by atoms with Crippen molar-refractivity contribution < 1.29 is 14.7 Å². The summed E-state index contributed by atoms with van der Waals surface area (Å²) < 4.78 is 0. The van der Waals surface area contributed by atoms with E-state index in [2.05, 4.69) is 44.5 Å². The number of aromatic nitrogens is 1. The number of ketones is 1. The molecule has 0 aliphatic carbocycles. The highest BCUT2D eigenvalue weighted by atomic mass is 32.1. The van der Waals surface area contributed by atoms with E-state index >= 15 is 0 Å². The summed E-state index contributed by atoms with van der Waals surface area (Å²) in [4.78, 5) is 35.5. The number of hydrogen-bond acceptors (Lipinski definition) is 6. The molecule has 6 nitrogen and oxygen atoms in total. The molecule has 0 bridgehead atoms. The predicted molar refractivity (Wildman–Crippen MR) is 133 cm³/mol. The van der Waals surface area contributed by atoms with Crippen LogP contribution >= 0.6 is 11.3 Å². The van der Waals surface area contributed by atoms with Crippen molar-refractivity contribution in [3.05, 3.63) is 62.3 Å². The highest BCUT2D eigenvalue weighted by Crippen LogP contribution is 2.40. The molecule has 1 N–H and O–H groups in total. The fraction of sp³-hybridized carbons (Fsp3) is 0.500. The molecule has 1 aliphatic rings. The second-order valence-corrected chi connectivity index (χ2v) is 10.7. The molecule has 7 heteroatoms. The van der Waals surface area contributed by atoms with Gasteiger partial charge in [-0.3, -0.25) is 9.59 Å². The summed E-state index contributed by atoms with van der Waals surface area (Å²) in [6.07, 6.45) is 0. The number of likely N-dealkylation sites (N-methyl/N-ethyl adjacent to an activating group) is 1. The van der Waals surface area contributed by atoms with E-state index in [9.17, 15) is 14.7 Å². The molecule has 0 spiro atoms. The van der Waals surface area contributed by atoms with Gasteiger partial charge < -0.3 is 14.9 Å². The van der Waals surface area contributed by atoms with Crippen molar-refractivity contribution >= 4 is 23.0 Å². The second kappa shape index (κ2) is 9.77. The van der Waals surface area contributed by atoms with Crippen molar-refractivity contribution in [3.8, 4) is 0 Å². The number of carbonyl (C=O) groups is 2. The van der Waals surface area contributed by atoms with Crippen LogP contribution in [-0.2, 0) is 10.2 Å². The van der Waals surface area contributed by atoms with Gasteiger partial charge in [-0.25, -0.2) is 4.98 Å². The molecule has 1 amide bonds. The lowest BCUT2D eigenvalue weighted by Gasteiger charge is -2.30. The van der Waals surface area contributed by atoms with E-state index < -0.39 is 17.7 Å². The number of carbonyl (C=O) groups excluding carboxylic acids is 2. The van der Waals surface area contributed by atoms with Gasteiger partial charge in [0.15, 0.2) is 5.76 Å². The maximum Gasteiger partial charge on any atom is 0.290 e. The van der Waals surface area contributed by atoms with Crippen LogP contribution in [-0.4, -0.2) is 57.8 Å². The first-order valence-corrected chi connectivity index (χ1v) is 12.4. The van der Waals surface area contributed by atoms with Crippen molar-refractivity contribution in [2.24, 2.45) is 0 Å². The van der Waals surface area contributed by atoms with E-state index in [1.54, 1.807) is 11.8 Å². The molecule has 1 atom stereocenters. The van der Waals surface area contributed by atoms with E-state index in [0.717, 1.165) is 23.7 Å². The summed E-state index contributed by atoms with van der Waals surface area (Å²) in [5.41, 5.74) is 2.75. The van der Waals surface area contributed by atoms with Crippen LogP contribution < -0.4 is 0 Å². The molecule has 0 fully saturated rings. The third kappa shape index (κ3) is 5.04. The topological polar surface area (TPSA) is 73.7 Å². The third-order valence-corrected chi connectivity index (χ3v) is 7.37. The Morgan fingerprint density at radius 2 is 1.76 bits per heavy atom. The van der Waals surface area contributed by atoms with Gasteiger partial charge in [0.1, 0.15) is 0 Å². The SMILES string of the molecule is CCN(CC)CCN1C(=O)C(O)=C(C(=O)c2sc(C)nc2C)[C@@H]1c1ccc(C(C)(C)C)cc1. The van der Waals surface area contributed by atoms with Crippen LogP contribution in [0.5, 0.6) is 0 Å². The van der Waals surface area contributed by atoms with Gasteiger partial charge in [-0.1, -0.05) is 58.9 Å². The monoisotopic (exact) mass is 469 g/mol. The van der Waals surface area contributed by atoms with Crippen molar-refractivity contribution in [3.63, 3.8) is 0 Å². The highest BCUT2D eigenvalue weighted by molar-refractivity contribution is 7.14. The molecule has 0 saturated carbocycles. The third-order valence-electron chi connectivity index (χ3n) is 6.30. The number of aliphatic hydroxyl groups excluding tert-OH is 1. The van der Waals surface area contributed by atoms with Crippen LogP contribution in [0.1, 0.15) is 72.2 Å². The zero-order valence-corrected chi connectivity index (χ0v) is 21.5. The maximum absolute atomic E-state index is 13.6. The molecule has 178 valence electrons. The lowest BCUT2D eigenvalue weighted by Crippen LogP contribution is -2.38. The summed E-state index contributed by atoms with van der Waals surface area (Å²) in [5, 5.41) is 11.7. The second-order valence-electron chi connectivity index (χ2n) is 9.54. The van der Waals surface area contributed by atoms with Gasteiger partial charge in [-0.2, -0.15) is 0 Å². The normalized spacial score (nSPS) is 16.9. The Labute approximate surface area is 200 Å². The van der Waals surface area contributed by atoms with Crippen LogP contribution in [0.4, 0.5) is 0 Å². The van der Waals surface area contributed by atoms with Gasteiger partial charge in [0.2, 0.25) is 5.78 Å². The van der Waals surface area contributed by atoms with Crippen LogP contribution in [0.25, 0.3) is 0 Å². The van der Waals surface area contributed by atoms with E-state index in [0.29, 0.717) is 23.7 Å². The summed E-state index contributed by atoms with van der Waals surface area (Å²) in [6, 6.07) is 7.40. The molecule has 3 rings (SSSR count). The van der Waals surface area contributed by atoms with Crippen molar-refractivity contribution in [2.45, 2.75) is 59.9 Å². The van der Waals surface area contributed by atoms with Crippen molar-refractivity contribution in [1.82, 2.24) is 14.8 Å². The number of benzene rings is 1. The molecule has 1 aliphatic heterocycles. The van der Waals surface area contributed by atoms with E-state index in [-0.39, 0.29) is 16.8 Å². The molecule has 0 radical (unpaired) electrons. The summed E-state index contributed by atoms with van der Waals surface area (Å²) >= 11 is 1.30. The minimum absolute atomic E-state index is 0.0135. The fourth-order valence-corrected chi connectivity index (χ4v) is 5.16. The molecule has 2 heterocycles. The summed E-state index contributed by atoms with van der Waals surface area (Å²) in [5.74, 6) is -1.26. The van der Waals surface area contributed by atoms with Crippen molar-refractivity contribution in [1.29, 1.82) is 0 Å². The Bertz CT molecular complexity index is 1060. The molecule has 33 heavy (non-hydrogen) atoms. The average Bonchev–Trinajstić information content (AvgIpc) is 3.23. The maximum atomic E-state index is 13.6. The highest BCUT2D eigenvalue weighted by Gasteiger charge is 2.44. The van der Waals surface area contributed by atoms with E-state index in [1.165, 1.54) is 16.9 Å². The quantitative estimate of drug-likeness (QED) is 0.552. The Morgan fingerprint density at radius 1 is 1.15 bits per heavy atom. The smallest absolute Gasteiger partial charge is 0.290 e. The number of thiazole rings is 1. The Kier molecular flexibility index (Phi) is 7.44. The Morgan fingerprint density at radius 3 is 2.24 bits per heavy atom. The first kappa shape index (κ1) is 25.1. The predicted octanol–water partition coefficient (Wildman–Crippen LogP) is 4.98. The molecule has 0 saturated heterocycles. The summed E-state index contributed by atoms with van der Waals surface area (Å²) in [6.45, 7) is 17.1. The van der Waals surface area contributed by atoms with Gasteiger partial charge in [0.25, 0.3) is 5.91 Å². The zero-order valence-electron chi connectivity index (χ0n) is 20.7. The minimum atomic E-state index is -0.628. The Balaban J connectivity index is 2.06. The van der Waals surface area contributed by atoms with Crippen LogP contribution in [0.2, 0.25) is 0 Å². The lowest BCUT2D eigenvalue weighted by atomic mass is 9.85. The minimum Gasteiger partial charge on any atom is -0.503 e. The van der Waals surface area contributed by atoms with Crippen molar-refractivity contribution in [2.75, 3.05) is 26.2 Å². The fourth-order valence-electron chi connectivity index (χ4n) is 4.28. The van der Waals surface area contributed by atoms with Crippen LogP contribution in [0.15, 0.2) is 35.6 Å². The molecule has 0 unspecified atom stereocenters. The van der Waals surface area contributed by atoms with Gasteiger partial charge in [-0.05, 0) is 43.5 Å². The van der Waals surface area contributed by atoms with E-state index in [4.69, 9.17) is 0 Å². The Hall–Kier alpha value is -2.51. The molecular formula is C26H35N3O3S. The molecule has 1 aromatic heterocycles. The first-order valence-electron chi connectivity index (χ1n) is 11.5. The van der Waals surface area contributed by atoms with E-state index in [1.807, 2.05) is 31.2 Å². The summed E-state index contributed by atoms with van der Waals surface area (Å²) in [7, 11) is 0. The number of hydrogen-bond donors (Lipinski definition) is 1. The first-order chi connectivity index (χ1) is 15.5. The number of amides is 1. The number of aryl methyl sites for hydroxylation is 2. The van der Waals surface area contributed by atoms with Crippen LogP contribution in [0, 0.1) is 13.8 Å². The average molecular weight is 470 g/mol.